The van der Waals surface area contributed by atoms with E-state index in [1.807, 2.05) is 30.3 Å². The standard InChI is InChI=1S/C26H29N5O2/c1-2-33-24(32)11-10-21-17-19(12-15-27-21)13-16-28-25(20-7-4-3-5-8-20)23-18-30-22-9-6-14-29-26(22)31-23/h3-12,14-15,17,23,25,28,30H,2,13,16,18H2,1H3,(H,29,31)/b11-10+/t23-,25-/m1/s1. The van der Waals surface area contributed by atoms with Crippen LogP contribution >= 0.6 is 0 Å². The van der Waals surface area contributed by atoms with Gasteiger partial charge in [-0.3, -0.25) is 4.98 Å². The molecule has 170 valence electrons. The van der Waals surface area contributed by atoms with Crippen molar-refractivity contribution in [2.75, 3.05) is 30.3 Å². The minimum absolute atomic E-state index is 0.110. The van der Waals surface area contributed by atoms with E-state index >= 15 is 0 Å². The van der Waals surface area contributed by atoms with Gasteiger partial charge >= 0.3 is 5.97 Å². The summed E-state index contributed by atoms with van der Waals surface area (Å²) in [5.41, 5.74) is 4.14. The van der Waals surface area contributed by atoms with Crippen molar-refractivity contribution in [3.8, 4) is 0 Å². The van der Waals surface area contributed by atoms with Crippen molar-refractivity contribution in [1.29, 1.82) is 0 Å². The van der Waals surface area contributed by atoms with Crippen LogP contribution in [0.25, 0.3) is 6.08 Å². The molecule has 3 aromatic rings. The Labute approximate surface area is 194 Å². The van der Waals surface area contributed by atoms with Crippen molar-refractivity contribution in [2.24, 2.45) is 0 Å². The Bertz CT molecular complexity index is 1090. The molecule has 3 N–H and O–H groups in total. The second-order valence-corrected chi connectivity index (χ2v) is 7.80. The maximum atomic E-state index is 11.5. The Morgan fingerprint density at radius 2 is 2.06 bits per heavy atom. The van der Waals surface area contributed by atoms with Gasteiger partial charge in [0.25, 0.3) is 0 Å². The zero-order valence-corrected chi connectivity index (χ0v) is 18.7. The number of hydrogen-bond donors (Lipinski definition) is 3. The lowest BCUT2D eigenvalue weighted by molar-refractivity contribution is -0.137. The predicted molar refractivity (Wildman–Crippen MR) is 131 cm³/mol. The summed E-state index contributed by atoms with van der Waals surface area (Å²) < 4.78 is 4.93. The summed E-state index contributed by atoms with van der Waals surface area (Å²) in [4.78, 5) is 20.3. The molecule has 3 heterocycles. The molecule has 2 aromatic heterocycles. The van der Waals surface area contributed by atoms with Crippen LogP contribution in [-0.2, 0) is 16.0 Å². The molecule has 1 aliphatic rings. The Kier molecular flexibility index (Phi) is 7.66. The van der Waals surface area contributed by atoms with Gasteiger partial charge in [-0.25, -0.2) is 9.78 Å². The van der Waals surface area contributed by atoms with Gasteiger partial charge in [-0.15, -0.1) is 0 Å². The molecule has 4 rings (SSSR count). The second kappa shape index (κ2) is 11.2. The van der Waals surface area contributed by atoms with E-state index in [0.717, 1.165) is 42.3 Å². The smallest absolute Gasteiger partial charge is 0.330 e. The molecule has 1 aromatic carbocycles. The van der Waals surface area contributed by atoms with Gasteiger partial charge in [0.1, 0.15) is 5.82 Å². The van der Waals surface area contributed by atoms with E-state index in [-0.39, 0.29) is 18.1 Å². The van der Waals surface area contributed by atoms with Crippen LogP contribution in [0.5, 0.6) is 0 Å². The van der Waals surface area contributed by atoms with E-state index < -0.39 is 0 Å². The number of fused-ring (bicyclic) bond motifs is 1. The van der Waals surface area contributed by atoms with Crippen LogP contribution in [0, 0.1) is 0 Å². The van der Waals surface area contributed by atoms with E-state index in [9.17, 15) is 4.79 Å². The third kappa shape index (κ3) is 6.17. The Hall–Kier alpha value is -3.71. The fourth-order valence-electron chi connectivity index (χ4n) is 3.92. The van der Waals surface area contributed by atoms with Crippen molar-refractivity contribution in [3.63, 3.8) is 0 Å². The summed E-state index contributed by atoms with van der Waals surface area (Å²) in [6.07, 6.45) is 7.50. The van der Waals surface area contributed by atoms with Crippen LogP contribution in [0.15, 0.2) is 73.1 Å². The van der Waals surface area contributed by atoms with Gasteiger partial charge in [0.15, 0.2) is 0 Å². The second-order valence-electron chi connectivity index (χ2n) is 7.80. The van der Waals surface area contributed by atoms with Crippen LogP contribution in [-0.4, -0.2) is 41.7 Å². The Morgan fingerprint density at radius 1 is 1.18 bits per heavy atom. The third-order valence-corrected chi connectivity index (χ3v) is 5.50. The Balaban J connectivity index is 1.41. The molecule has 0 unspecified atom stereocenters. The number of ether oxygens (including phenoxy) is 1. The normalized spacial score (nSPS) is 15.8. The fourth-order valence-corrected chi connectivity index (χ4v) is 3.92. The van der Waals surface area contributed by atoms with Crippen LogP contribution in [0.1, 0.15) is 29.8 Å². The monoisotopic (exact) mass is 443 g/mol. The molecule has 0 bridgehead atoms. The van der Waals surface area contributed by atoms with Gasteiger partial charge < -0.3 is 20.7 Å². The lowest BCUT2D eigenvalue weighted by atomic mass is 9.97. The summed E-state index contributed by atoms with van der Waals surface area (Å²) in [7, 11) is 0. The van der Waals surface area contributed by atoms with Gasteiger partial charge in [-0.2, -0.15) is 0 Å². The summed E-state index contributed by atoms with van der Waals surface area (Å²) in [6.45, 7) is 3.73. The zero-order valence-electron chi connectivity index (χ0n) is 18.7. The van der Waals surface area contributed by atoms with E-state index in [1.54, 1.807) is 25.4 Å². The maximum absolute atomic E-state index is 11.5. The number of carbonyl (C=O) groups is 1. The highest BCUT2D eigenvalue weighted by Gasteiger charge is 2.27. The number of nitrogens with one attached hydrogen (secondary N) is 3. The quantitative estimate of drug-likeness (QED) is 0.342. The predicted octanol–water partition coefficient (Wildman–Crippen LogP) is 3.83. The van der Waals surface area contributed by atoms with Gasteiger partial charge in [0.2, 0.25) is 0 Å². The average Bonchev–Trinajstić information content (AvgIpc) is 2.86. The number of hydrogen-bond acceptors (Lipinski definition) is 7. The minimum atomic E-state index is -0.360. The van der Waals surface area contributed by atoms with Crippen LogP contribution < -0.4 is 16.0 Å². The summed E-state index contributed by atoms with van der Waals surface area (Å²) in [5.74, 6) is 0.519. The number of nitrogens with zero attached hydrogens (tertiary/aromatic N) is 2. The van der Waals surface area contributed by atoms with Gasteiger partial charge in [-0.05, 0) is 61.4 Å². The van der Waals surface area contributed by atoms with Crippen LogP contribution in [0.4, 0.5) is 11.5 Å². The highest BCUT2D eigenvalue weighted by molar-refractivity contribution is 5.86. The van der Waals surface area contributed by atoms with E-state index in [1.165, 1.54) is 11.6 Å². The number of aromatic nitrogens is 2. The number of esters is 1. The number of anilines is 2. The molecule has 7 nitrogen and oxygen atoms in total. The van der Waals surface area contributed by atoms with Crippen molar-refractivity contribution in [3.05, 3.63) is 89.9 Å². The highest BCUT2D eigenvalue weighted by atomic mass is 16.5. The van der Waals surface area contributed by atoms with Gasteiger partial charge in [0, 0.05) is 25.0 Å². The molecule has 0 radical (unpaired) electrons. The summed E-state index contributed by atoms with van der Waals surface area (Å²) >= 11 is 0. The van der Waals surface area contributed by atoms with Crippen molar-refractivity contribution < 1.29 is 9.53 Å². The molecule has 0 spiro atoms. The van der Waals surface area contributed by atoms with Gasteiger partial charge in [-0.1, -0.05) is 30.3 Å². The largest absolute Gasteiger partial charge is 0.463 e. The molecule has 2 atom stereocenters. The third-order valence-electron chi connectivity index (χ3n) is 5.50. The first kappa shape index (κ1) is 22.5. The molecule has 0 amide bonds. The first-order valence-electron chi connectivity index (χ1n) is 11.3. The molecule has 33 heavy (non-hydrogen) atoms. The fraction of sp³-hybridized carbons (Fsp3) is 0.269. The first-order valence-corrected chi connectivity index (χ1v) is 11.3. The van der Waals surface area contributed by atoms with E-state index in [4.69, 9.17) is 4.74 Å². The van der Waals surface area contributed by atoms with Crippen molar-refractivity contribution in [1.82, 2.24) is 15.3 Å². The molecule has 1 aliphatic heterocycles. The molecule has 0 fully saturated rings. The highest BCUT2D eigenvalue weighted by Crippen LogP contribution is 2.28. The number of pyridine rings is 2. The topological polar surface area (TPSA) is 88.2 Å². The van der Waals surface area contributed by atoms with E-state index in [2.05, 4.69) is 50.2 Å². The van der Waals surface area contributed by atoms with Crippen LogP contribution in [0.3, 0.4) is 0 Å². The summed E-state index contributed by atoms with van der Waals surface area (Å²) in [5, 5.41) is 10.8. The van der Waals surface area contributed by atoms with Crippen LogP contribution in [0.2, 0.25) is 0 Å². The number of benzene rings is 1. The molecule has 0 saturated carbocycles. The van der Waals surface area contributed by atoms with E-state index in [0.29, 0.717) is 6.61 Å². The summed E-state index contributed by atoms with van der Waals surface area (Å²) in [6, 6.07) is 18.7. The Morgan fingerprint density at radius 3 is 2.91 bits per heavy atom. The number of carbonyl (C=O) groups excluding carboxylic acids is 1. The molecule has 0 aliphatic carbocycles. The molecule has 7 heteroatoms. The first-order chi connectivity index (χ1) is 16.2. The number of rotatable bonds is 9. The lowest BCUT2D eigenvalue weighted by Gasteiger charge is -2.34. The zero-order chi connectivity index (χ0) is 22.9. The van der Waals surface area contributed by atoms with Crippen molar-refractivity contribution in [2.45, 2.75) is 25.4 Å². The lowest BCUT2D eigenvalue weighted by Crippen LogP contribution is -2.44. The maximum Gasteiger partial charge on any atom is 0.330 e. The molecular weight excluding hydrogens is 414 g/mol. The minimum Gasteiger partial charge on any atom is -0.463 e. The SMILES string of the molecule is CCOC(=O)/C=C/c1cc(CCN[C@H](c2ccccc2)[C@H]2CNc3cccnc3N2)ccn1. The van der Waals surface area contributed by atoms with Crippen molar-refractivity contribution >= 4 is 23.6 Å². The molecule has 0 saturated heterocycles. The van der Waals surface area contributed by atoms with Gasteiger partial charge in [0.05, 0.1) is 30.1 Å². The molecular formula is C26H29N5O2. The average molecular weight is 444 g/mol.